The highest BCUT2D eigenvalue weighted by molar-refractivity contribution is 6.33. The van der Waals surface area contributed by atoms with Gasteiger partial charge in [-0.2, -0.15) is 0 Å². The molecule has 0 radical (unpaired) electrons. The van der Waals surface area contributed by atoms with Crippen LogP contribution in [0.25, 0.3) is 0 Å². The molecule has 0 bridgehead atoms. The fourth-order valence-corrected chi connectivity index (χ4v) is 2.91. The van der Waals surface area contributed by atoms with Crippen molar-refractivity contribution in [2.45, 2.75) is 19.8 Å². The van der Waals surface area contributed by atoms with E-state index in [0.717, 1.165) is 5.69 Å². The fraction of sp³-hybridized carbons (Fsp3) is 0.429. The summed E-state index contributed by atoms with van der Waals surface area (Å²) < 4.78 is 0. The lowest BCUT2D eigenvalue weighted by atomic mass is 9.84. The minimum Gasteiger partial charge on any atom is -0.481 e. The summed E-state index contributed by atoms with van der Waals surface area (Å²) in [5.74, 6) is -1.30. The van der Waals surface area contributed by atoms with Crippen molar-refractivity contribution in [3.8, 4) is 0 Å². The number of hydrogen-bond acceptors (Lipinski definition) is 3. The Bertz CT molecular complexity index is 561. The van der Waals surface area contributed by atoms with Crippen LogP contribution in [0.1, 0.15) is 30.1 Å². The van der Waals surface area contributed by atoms with E-state index in [1.807, 2.05) is 11.8 Å². The summed E-state index contributed by atoms with van der Waals surface area (Å²) in [6, 6.07) is 4.85. The van der Waals surface area contributed by atoms with Gasteiger partial charge in [0.2, 0.25) is 5.91 Å². The van der Waals surface area contributed by atoms with Gasteiger partial charge in [-0.25, -0.2) is 0 Å². The molecule has 1 saturated heterocycles. The van der Waals surface area contributed by atoms with Crippen LogP contribution in [-0.4, -0.2) is 30.1 Å². The zero-order valence-corrected chi connectivity index (χ0v) is 12.0. The first-order valence-corrected chi connectivity index (χ1v) is 6.85. The largest absolute Gasteiger partial charge is 0.481 e. The van der Waals surface area contributed by atoms with Gasteiger partial charge in [-0.1, -0.05) is 18.5 Å². The van der Waals surface area contributed by atoms with E-state index in [9.17, 15) is 14.7 Å². The van der Waals surface area contributed by atoms with Gasteiger partial charge in [0.25, 0.3) is 0 Å². The van der Waals surface area contributed by atoms with E-state index in [4.69, 9.17) is 17.3 Å². The minimum absolute atomic E-state index is 0.345. The number of nitrogens with two attached hydrogens (primary N) is 1. The summed E-state index contributed by atoms with van der Waals surface area (Å²) in [6.07, 6.45) is 1.17. The van der Waals surface area contributed by atoms with Gasteiger partial charge in [-0.05, 0) is 31.0 Å². The van der Waals surface area contributed by atoms with Gasteiger partial charge in [0.1, 0.15) is 0 Å². The number of amides is 1. The molecule has 0 spiro atoms. The molecule has 5 nitrogen and oxygen atoms in total. The van der Waals surface area contributed by atoms with E-state index in [2.05, 4.69) is 0 Å². The van der Waals surface area contributed by atoms with E-state index >= 15 is 0 Å². The van der Waals surface area contributed by atoms with Crippen molar-refractivity contribution in [2.24, 2.45) is 11.1 Å². The van der Waals surface area contributed by atoms with E-state index in [1.54, 1.807) is 12.1 Å². The van der Waals surface area contributed by atoms with Gasteiger partial charge in [0, 0.05) is 18.7 Å². The SMILES string of the molecule is CCC1(C(=O)O)CCN(c2ccc(C(N)=O)cc2Cl)C1. The number of carboxylic acids is 1. The zero-order chi connectivity index (χ0) is 14.9. The summed E-state index contributed by atoms with van der Waals surface area (Å²) in [5.41, 5.74) is 5.57. The first kappa shape index (κ1) is 14.7. The lowest BCUT2D eigenvalue weighted by Gasteiger charge is -2.25. The molecule has 6 heteroatoms. The highest BCUT2D eigenvalue weighted by Crippen LogP contribution is 2.39. The van der Waals surface area contributed by atoms with Crippen molar-refractivity contribution in [2.75, 3.05) is 18.0 Å². The Hall–Kier alpha value is -1.75. The molecular weight excluding hydrogens is 280 g/mol. The fourth-order valence-electron chi connectivity index (χ4n) is 2.61. The highest BCUT2D eigenvalue weighted by Gasteiger charge is 2.43. The van der Waals surface area contributed by atoms with Crippen LogP contribution in [-0.2, 0) is 4.79 Å². The Labute approximate surface area is 122 Å². The van der Waals surface area contributed by atoms with Crippen LogP contribution < -0.4 is 10.6 Å². The summed E-state index contributed by atoms with van der Waals surface area (Å²) in [7, 11) is 0. The lowest BCUT2D eigenvalue weighted by Crippen LogP contribution is -2.34. The summed E-state index contributed by atoms with van der Waals surface area (Å²) in [4.78, 5) is 24.5. The number of carboxylic acid groups (broad SMARTS) is 1. The van der Waals surface area contributed by atoms with Crippen LogP contribution >= 0.6 is 11.6 Å². The number of carbonyl (C=O) groups is 2. The smallest absolute Gasteiger partial charge is 0.311 e. The van der Waals surface area contributed by atoms with Crippen LogP contribution in [0.5, 0.6) is 0 Å². The van der Waals surface area contributed by atoms with E-state index in [-0.39, 0.29) is 0 Å². The molecule has 1 aromatic rings. The molecule has 20 heavy (non-hydrogen) atoms. The minimum atomic E-state index is -0.771. The number of hydrogen-bond donors (Lipinski definition) is 2. The van der Waals surface area contributed by atoms with E-state index < -0.39 is 17.3 Å². The van der Waals surface area contributed by atoms with Gasteiger partial charge in [0.05, 0.1) is 16.1 Å². The van der Waals surface area contributed by atoms with Crippen molar-refractivity contribution >= 4 is 29.2 Å². The summed E-state index contributed by atoms with van der Waals surface area (Å²) >= 11 is 6.17. The Kier molecular flexibility index (Phi) is 3.90. The second kappa shape index (κ2) is 5.32. The maximum Gasteiger partial charge on any atom is 0.311 e. The topological polar surface area (TPSA) is 83.6 Å². The van der Waals surface area contributed by atoms with Crippen molar-refractivity contribution in [3.63, 3.8) is 0 Å². The van der Waals surface area contributed by atoms with Gasteiger partial charge in [-0.3, -0.25) is 9.59 Å². The number of primary amides is 1. The van der Waals surface area contributed by atoms with E-state index in [1.165, 1.54) is 6.07 Å². The molecule has 0 aliphatic carbocycles. The maximum absolute atomic E-state index is 11.4. The zero-order valence-electron chi connectivity index (χ0n) is 11.2. The lowest BCUT2D eigenvalue weighted by molar-refractivity contribution is -0.147. The molecular formula is C14H17ClN2O3. The normalized spacial score (nSPS) is 22.0. The average molecular weight is 297 g/mol. The molecule has 1 atom stereocenters. The first-order chi connectivity index (χ1) is 9.39. The van der Waals surface area contributed by atoms with Gasteiger partial charge >= 0.3 is 5.97 Å². The second-order valence-corrected chi connectivity index (χ2v) is 5.55. The highest BCUT2D eigenvalue weighted by atomic mass is 35.5. The number of halogens is 1. The number of aliphatic carboxylic acids is 1. The van der Waals surface area contributed by atoms with Crippen LogP contribution in [0.2, 0.25) is 5.02 Å². The molecule has 1 unspecified atom stereocenters. The molecule has 3 N–H and O–H groups in total. The van der Waals surface area contributed by atoms with Gasteiger partial charge in [-0.15, -0.1) is 0 Å². The molecule has 108 valence electrons. The van der Waals surface area contributed by atoms with Crippen molar-refractivity contribution in [1.29, 1.82) is 0 Å². The van der Waals surface area contributed by atoms with Crippen molar-refractivity contribution in [1.82, 2.24) is 0 Å². The first-order valence-electron chi connectivity index (χ1n) is 6.47. The molecule has 1 aliphatic rings. The van der Waals surface area contributed by atoms with Crippen LogP contribution in [0.4, 0.5) is 5.69 Å². The molecule has 0 aromatic heterocycles. The Morgan fingerprint density at radius 1 is 1.50 bits per heavy atom. The Morgan fingerprint density at radius 3 is 2.65 bits per heavy atom. The van der Waals surface area contributed by atoms with E-state index in [0.29, 0.717) is 36.5 Å². The molecule has 1 heterocycles. The number of rotatable bonds is 4. The Morgan fingerprint density at radius 2 is 2.20 bits per heavy atom. The van der Waals surface area contributed by atoms with Gasteiger partial charge < -0.3 is 15.7 Å². The monoisotopic (exact) mass is 296 g/mol. The molecule has 1 aromatic carbocycles. The third-order valence-corrected chi connectivity index (χ3v) is 4.36. The molecule has 1 amide bonds. The molecule has 0 saturated carbocycles. The molecule has 1 aliphatic heterocycles. The third kappa shape index (κ3) is 2.45. The molecule has 2 rings (SSSR count). The number of carbonyl (C=O) groups excluding carboxylic acids is 1. The van der Waals surface area contributed by atoms with Crippen LogP contribution in [0, 0.1) is 5.41 Å². The maximum atomic E-state index is 11.4. The van der Waals surface area contributed by atoms with Crippen LogP contribution in [0.15, 0.2) is 18.2 Å². The summed E-state index contributed by atoms with van der Waals surface area (Å²) in [5, 5.41) is 9.81. The average Bonchev–Trinajstić information content (AvgIpc) is 2.84. The standard InChI is InChI=1S/C14H17ClN2O3/c1-2-14(13(19)20)5-6-17(8-14)11-4-3-9(12(16)18)7-10(11)15/h3-4,7H,2,5-6,8H2,1H3,(H2,16,18)(H,19,20). The third-order valence-electron chi connectivity index (χ3n) is 4.06. The predicted octanol–water partition coefficient (Wildman–Crippen LogP) is 2.13. The quantitative estimate of drug-likeness (QED) is 0.891. The number of anilines is 1. The molecule has 1 fully saturated rings. The number of benzene rings is 1. The predicted molar refractivity (Wildman–Crippen MR) is 77.2 cm³/mol. The van der Waals surface area contributed by atoms with Gasteiger partial charge in [0.15, 0.2) is 0 Å². The van der Waals surface area contributed by atoms with Crippen molar-refractivity contribution < 1.29 is 14.7 Å². The number of nitrogens with zero attached hydrogens (tertiary/aromatic N) is 1. The summed E-state index contributed by atoms with van der Waals surface area (Å²) in [6.45, 7) is 2.94. The van der Waals surface area contributed by atoms with Crippen molar-refractivity contribution in [3.05, 3.63) is 28.8 Å². The van der Waals surface area contributed by atoms with Crippen LogP contribution in [0.3, 0.4) is 0 Å². The Balaban J connectivity index is 2.26. The second-order valence-electron chi connectivity index (χ2n) is 5.14.